The zero-order valence-corrected chi connectivity index (χ0v) is 80.2. The molecule has 7 aliphatic rings. The molecule has 40 nitrogen and oxygen atoms in total. The number of carbonyl (C=O) groups is 1. The van der Waals surface area contributed by atoms with E-state index in [4.69, 9.17) is 28.9 Å². The number of nitro groups is 4. The fraction of sp³-hybridized carbons (Fsp3) is 0.551. The highest BCUT2D eigenvalue weighted by molar-refractivity contribution is 7.91. The highest BCUT2D eigenvalue weighted by atomic mass is 35.5. The largest absolute Gasteiger partial charge is 0.573 e. The number of carbonyl (C=O) groups excluding carboxylic acids is 1. The number of likely N-dealkylation sites (tertiary alicyclic amines) is 2. The summed E-state index contributed by atoms with van der Waals surface area (Å²) in [6.45, 7) is 6.76. The van der Waals surface area contributed by atoms with E-state index in [-0.39, 0.29) is 190 Å². The fourth-order valence-electron chi connectivity index (χ4n) is 18.1. The maximum atomic E-state index is 13.5. The quantitative estimate of drug-likeness (QED) is 0.0101. The first-order chi connectivity index (χ1) is 67.9. The SMILES string of the molecule is CC(=O)N(C)C1CCN(C2CCC(CNc3nc(NCc4ccccc4OC(F)(F)F)ncc3[N+](=O)[O-])CC2)C1.NC1CCC(CNc2nc(NCc3cncc(Cl)c3Cl)ncc2[N+](=O)[O-])CC1.O=[N+]([O-])c1cnc(NCc2ccccc2OC(F)(F)F)nc1NCC1CCC(N2CCC(F)(F)C2)CC1.O=[N+]([O-])c1cnc(NCc2ccccc2OC(F)(F)F)nc1NCC1CCC(N2CCS(=O)(=O)CC2)CC1. The van der Waals surface area contributed by atoms with Crippen molar-refractivity contribution in [3.8, 4) is 17.2 Å². The minimum atomic E-state index is -4.85. The third-order valence-corrected chi connectivity index (χ3v) is 28.5. The number of likely N-dealkylation sites (N-methyl/N-ethyl adjacent to an activating group) is 1. The molecule has 0 radical (unpaired) electrons. The Hall–Kier alpha value is -12.4. The molecule has 0 spiro atoms. The smallest absolute Gasteiger partial charge is 0.405 e. The first-order valence-corrected chi connectivity index (χ1v) is 49.0. The Labute approximate surface area is 824 Å². The van der Waals surface area contributed by atoms with Gasteiger partial charge in [-0.2, -0.15) is 19.9 Å². The summed E-state index contributed by atoms with van der Waals surface area (Å²) in [6.07, 6.45) is 8.38. The summed E-state index contributed by atoms with van der Waals surface area (Å²) < 4.78 is 177. The number of amides is 1. The van der Waals surface area contributed by atoms with Crippen LogP contribution in [-0.2, 0) is 40.8 Å². The van der Waals surface area contributed by atoms with Gasteiger partial charge >= 0.3 is 41.8 Å². The molecule has 1 unspecified atom stereocenters. The van der Waals surface area contributed by atoms with Gasteiger partial charge in [0, 0.05) is 170 Å². The number of halogens is 13. The van der Waals surface area contributed by atoms with Crippen LogP contribution in [0.2, 0.25) is 10.0 Å². The van der Waals surface area contributed by atoms with Crippen molar-refractivity contribution < 1.29 is 95.4 Å². The zero-order chi connectivity index (χ0) is 103. The number of para-hydroxylation sites is 3. The lowest BCUT2D eigenvalue weighted by Crippen LogP contribution is -2.47. The number of sulfone groups is 1. The molecule has 3 saturated heterocycles. The van der Waals surface area contributed by atoms with Crippen molar-refractivity contribution in [2.75, 3.05) is 127 Å². The Balaban J connectivity index is 0.000000171. The summed E-state index contributed by atoms with van der Waals surface area (Å²) in [6, 6.07) is 18.3. The number of aromatic nitrogens is 9. The number of nitrogens with two attached hydrogens (primary N) is 1. The lowest BCUT2D eigenvalue weighted by molar-refractivity contribution is -0.384. The molecule has 7 fully saturated rings. The summed E-state index contributed by atoms with van der Waals surface area (Å²) in [5, 5.41) is 70.2. The third-order valence-electron chi connectivity index (χ3n) is 26.1. The zero-order valence-electron chi connectivity index (χ0n) is 77.8. The normalized spacial score (nSPS) is 21.3. The molecule has 15 rings (SSSR count). The monoisotopic (exact) mass is 2080 g/mol. The van der Waals surface area contributed by atoms with Crippen LogP contribution >= 0.6 is 23.2 Å². The average molecular weight is 2080 g/mol. The van der Waals surface area contributed by atoms with Crippen LogP contribution in [0.1, 0.15) is 145 Å². The second-order valence-corrected chi connectivity index (χ2v) is 39.0. The number of alkyl halides is 11. The number of hydrogen-bond donors (Lipinski definition) is 9. The predicted molar refractivity (Wildman–Crippen MR) is 509 cm³/mol. The van der Waals surface area contributed by atoms with E-state index in [1.807, 2.05) is 16.8 Å². The summed E-state index contributed by atoms with van der Waals surface area (Å²) in [5.74, 6) is -1.51. The van der Waals surface area contributed by atoms with Crippen molar-refractivity contribution in [3.63, 3.8) is 0 Å². The van der Waals surface area contributed by atoms with Gasteiger partial charge < -0.3 is 67.4 Å². The number of rotatable bonds is 35. The van der Waals surface area contributed by atoms with Crippen molar-refractivity contribution in [3.05, 3.63) is 183 Å². The number of benzene rings is 3. The van der Waals surface area contributed by atoms with Gasteiger partial charge in [-0.25, -0.2) is 37.1 Å². The molecule has 8 heterocycles. The second kappa shape index (κ2) is 50.2. The number of nitrogens with zero attached hydrogens (tertiary/aromatic N) is 17. The van der Waals surface area contributed by atoms with E-state index < -0.39 is 54.5 Å². The first-order valence-electron chi connectivity index (χ1n) is 46.5. The van der Waals surface area contributed by atoms with Gasteiger partial charge in [0.2, 0.25) is 53.0 Å². The molecule has 8 aromatic rings. The molecular weight excluding hydrogens is 1970 g/mol. The van der Waals surface area contributed by atoms with Gasteiger partial charge in [0.25, 0.3) is 5.92 Å². The van der Waals surface area contributed by atoms with E-state index in [1.165, 1.54) is 67.0 Å². The van der Waals surface area contributed by atoms with Gasteiger partial charge in [-0.3, -0.25) is 64.9 Å². The lowest BCUT2D eigenvalue weighted by atomic mass is 9.85. The molecule has 54 heteroatoms. The minimum Gasteiger partial charge on any atom is -0.405 e. The standard InChI is InChI=1S/C26H34F3N7O4.C23H27F5N6O3.C23H29F3N6O5S.C17H21Cl2N7O2/c1-17(37)34(2)21-11-12-35(16-21)20-9-7-18(8-10-20)13-30-24-22(36(38)39)15-32-25(33-24)31-14-19-5-3-4-6-23(19)40-26(27,28)29;24-22(25)9-10-33(14-22)17-7-5-15(6-8-17)11-29-20-18(34(35)36)13-31-21(32-20)30-12-16-3-1-2-4-19(16)37-23(26,27)28;24-23(25,26)37-20-4-2-1-3-17(20)14-28-22-29-15-19(32(33)34)21(30-22)27-13-16-5-7-18(8-6-16)31-9-11-38(35,36)12-10-31;18-13-8-21-6-11(15(13)19)7-23-17-24-9-14(26(27)28)16(25-17)22-5-10-1-3-12(20)4-2-10/h3-6,15,18,20-21H,7-14,16H2,1-2H3,(H2,30,31,32,33);1-4,13,15,17H,5-12,14H2,(H2,29,30,31,32);1-4,15-16,18H,5-14H2,(H2,27,28,29,30);6,8-10,12H,1-5,7,20H2,(H2,22,23,24,25). The van der Waals surface area contributed by atoms with Crippen LogP contribution in [0.5, 0.6) is 17.2 Å². The highest BCUT2D eigenvalue weighted by Crippen LogP contribution is 2.40. The highest BCUT2D eigenvalue weighted by Gasteiger charge is 2.43. The molecule has 4 saturated carbocycles. The molecule has 5 aromatic heterocycles. The minimum absolute atomic E-state index is 0.00594. The van der Waals surface area contributed by atoms with E-state index in [9.17, 15) is 102 Å². The Morgan fingerprint density at radius 2 is 0.776 bits per heavy atom. The number of ether oxygens (including phenoxy) is 3. The van der Waals surface area contributed by atoms with Gasteiger partial charge in [0.1, 0.15) is 42.0 Å². The molecule has 3 aliphatic heterocycles. The molecule has 0 bridgehead atoms. The Kier molecular flexibility index (Phi) is 38.4. The van der Waals surface area contributed by atoms with Crippen LogP contribution in [0.15, 0.2) is 110 Å². The van der Waals surface area contributed by atoms with Crippen molar-refractivity contribution in [2.24, 2.45) is 29.4 Å². The van der Waals surface area contributed by atoms with E-state index in [0.717, 1.165) is 141 Å². The van der Waals surface area contributed by atoms with E-state index >= 15 is 0 Å². The van der Waals surface area contributed by atoms with Crippen molar-refractivity contribution in [1.29, 1.82) is 0 Å². The van der Waals surface area contributed by atoms with Crippen LogP contribution in [0, 0.1) is 64.1 Å². The van der Waals surface area contributed by atoms with E-state index in [1.54, 1.807) is 31.3 Å². The van der Waals surface area contributed by atoms with Gasteiger partial charge in [-0.15, -0.1) is 39.5 Å². The van der Waals surface area contributed by atoms with E-state index in [2.05, 4.69) is 111 Å². The van der Waals surface area contributed by atoms with Gasteiger partial charge in [-0.1, -0.05) is 77.8 Å². The molecular formula is C89H111Cl2F11N26O14S. The maximum Gasteiger partial charge on any atom is 0.573 e. The van der Waals surface area contributed by atoms with Crippen molar-refractivity contribution in [1.82, 2.24) is 64.5 Å². The van der Waals surface area contributed by atoms with Gasteiger partial charge in [0.05, 0.1) is 47.8 Å². The molecule has 778 valence electrons. The van der Waals surface area contributed by atoms with Gasteiger partial charge in [0.15, 0.2) is 9.84 Å². The molecule has 1 amide bonds. The van der Waals surface area contributed by atoms with Crippen LogP contribution < -0.4 is 62.5 Å². The molecule has 10 N–H and O–H groups in total. The van der Waals surface area contributed by atoms with E-state index in [0.29, 0.717) is 85.3 Å². The first kappa shape index (κ1) is 109. The summed E-state index contributed by atoms with van der Waals surface area (Å²) in [5.41, 5.74) is 6.15. The average Bonchev–Trinajstić information content (AvgIpc) is 1.78. The van der Waals surface area contributed by atoms with Crippen LogP contribution in [0.4, 0.5) is 118 Å². The maximum absolute atomic E-state index is 13.5. The third kappa shape index (κ3) is 33.9. The summed E-state index contributed by atoms with van der Waals surface area (Å²) >= 11 is 12.1. The Bertz CT molecular complexity index is 5730. The second-order valence-electron chi connectivity index (χ2n) is 35.9. The fourth-order valence-corrected chi connectivity index (χ4v) is 19.7. The lowest BCUT2D eigenvalue weighted by Gasteiger charge is -2.38. The van der Waals surface area contributed by atoms with Crippen LogP contribution in [-0.4, -0.2) is 238 Å². The summed E-state index contributed by atoms with van der Waals surface area (Å²) in [4.78, 5) is 100. The van der Waals surface area contributed by atoms with Crippen LogP contribution in [0.3, 0.4) is 0 Å². The predicted octanol–water partition coefficient (Wildman–Crippen LogP) is 16.9. The number of anilines is 8. The summed E-state index contributed by atoms with van der Waals surface area (Å²) in [7, 11) is -1.07. The number of pyridine rings is 1. The van der Waals surface area contributed by atoms with Gasteiger partial charge in [-0.05, 0) is 151 Å². The Morgan fingerprint density at radius 1 is 0.455 bits per heavy atom. The Morgan fingerprint density at radius 3 is 1.10 bits per heavy atom. The van der Waals surface area contributed by atoms with Crippen molar-refractivity contribution >= 4 is 109 Å². The number of nitrogens with one attached hydrogen (secondary N) is 8. The molecule has 1 atom stereocenters. The van der Waals surface area contributed by atoms with Crippen molar-refractivity contribution in [2.45, 2.75) is 204 Å². The molecule has 143 heavy (non-hydrogen) atoms. The van der Waals surface area contributed by atoms with Crippen LogP contribution in [0.25, 0.3) is 0 Å². The molecule has 3 aromatic carbocycles. The molecule has 4 aliphatic carbocycles. The topological polar surface area (TPSA) is 503 Å². The number of hydrogen-bond acceptors (Lipinski definition) is 35.